The van der Waals surface area contributed by atoms with Crippen LogP contribution < -0.4 is 4.74 Å². The van der Waals surface area contributed by atoms with Crippen LogP contribution in [0.3, 0.4) is 0 Å². The average Bonchev–Trinajstić information content (AvgIpc) is 2.97. The second-order valence-electron chi connectivity index (χ2n) is 10.3. The zero-order valence-corrected chi connectivity index (χ0v) is 26.3. The molecule has 0 spiro atoms. The molecule has 0 fully saturated rings. The number of ketones is 1. The molecule has 0 bridgehead atoms. The summed E-state index contributed by atoms with van der Waals surface area (Å²) in [6.45, 7) is 12.1. The fraction of sp³-hybridized carbons (Fsp3) is 0.353. The first-order valence-electron chi connectivity index (χ1n) is 13.6. The Morgan fingerprint density at radius 1 is 0.846 bits per heavy atom. The summed E-state index contributed by atoms with van der Waals surface area (Å²) in [5.41, 5.74) is -0.603. The topological polar surface area (TPSA) is 59.4 Å². The van der Waals surface area contributed by atoms with Crippen molar-refractivity contribution in [2.24, 2.45) is 10.8 Å². The predicted octanol–water partition coefficient (Wildman–Crippen LogP) is 9.63. The van der Waals surface area contributed by atoms with E-state index in [-0.39, 0.29) is 42.5 Å². The number of nitrogens with zero attached hydrogens (tertiary/aromatic N) is 1. The number of rotatable bonds is 9. The summed E-state index contributed by atoms with van der Waals surface area (Å²) in [4.78, 5) is 16.5. The molecular formula is C34H40IrNO3-. The van der Waals surface area contributed by atoms with Crippen LogP contribution in [0.15, 0.2) is 84.8 Å². The SMILES string of the molecule is CCC(C)(CC)C(=O)/C=C(\O)C(C)(CC)CC.[Ir].[c-]1ccccc1Oc1nccc2c1ccc1ccccc12. The van der Waals surface area contributed by atoms with E-state index in [0.29, 0.717) is 11.6 Å². The van der Waals surface area contributed by atoms with Crippen LogP contribution in [-0.4, -0.2) is 15.9 Å². The third-order valence-corrected chi connectivity index (χ3v) is 8.12. The number of aliphatic hydroxyl groups excluding tert-OH is 1. The Bertz CT molecular complexity index is 1390. The number of pyridine rings is 1. The molecule has 0 aliphatic heterocycles. The Morgan fingerprint density at radius 2 is 1.49 bits per heavy atom. The summed E-state index contributed by atoms with van der Waals surface area (Å²) in [5.74, 6) is 1.57. The van der Waals surface area contributed by atoms with E-state index in [1.807, 2.05) is 84.0 Å². The van der Waals surface area contributed by atoms with Crippen LogP contribution in [0.2, 0.25) is 0 Å². The Balaban J connectivity index is 0.000000275. The summed E-state index contributed by atoms with van der Waals surface area (Å²) in [5, 5.41) is 14.7. The molecule has 5 heteroatoms. The van der Waals surface area contributed by atoms with Gasteiger partial charge in [0.2, 0.25) is 5.88 Å². The van der Waals surface area contributed by atoms with Gasteiger partial charge in [0.05, 0.1) is 0 Å². The van der Waals surface area contributed by atoms with Gasteiger partial charge in [-0.15, -0.1) is 12.1 Å². The van der Waals surface area contributed by atoms with Gasteiger partial charge in [0.25, 0.3) is 0 Å². The number of benzene rings is 3. The number of fused-ring (bicyclic) bond motifs is 3. The van der Waals surface area contributed by atoms with Gasteiger partial charge in [0.1, 0.15) is 5.76 Å². The average molecular weight is 703 g/mol. The molecule has 0 aliphatic rings. The van der Waals surface area contributed by atoms with Crippen LogP contribution in [0.4, 0.5) is 0 Å². The van der Waals surface area contributed by atoms with Gasteiger partial charge in [0.15, 0.2) is 5.78 Å². The van der Waals surface area contributed by atoms with Crippen molar-refractivity contribution >= 4 is 27.3 Å². The van der Waals surface area contributed by atoms with E-state index in [1.54, 1.807) is 6.20 Å². The van der Waals surface area contributed by atoms with Crippen molar-refractivity contribution < 1.29 is 34.7 Å². The van der Waals surface area contributed by atoms with Crippen LogP contribution in [-0.2, 0) is 24.9 Å². The Morgan fingerprint density at radius 3 is 2.10 bits per heavy atom. The molecule has 39 heavy (non-hydrogen) atoms. The minimum absolute atomic E-state index is 0. The number of carbonyl (C=O) groups is 1. The molecule has 4 aromatic rings. The summed E-state index contributed by atoms with van der Waals surface area (Å²) in [6.07, 6.45) is 6.54. The maximum Gasteiger partial charge on any atom is 0.224 e. The van der Waals surface area contributed by atoms with Gasteiger partial charge >= 0.3 is 0 Å². The van der Waals surface area contributed by atoms with E-state index >= 15 is 0 Å². The van der Waals surface area contributed by atoms with E-state index < -0.39 is 0 Å². The molecule has 1 aromatic heterocycles. The molecular weight excluding hydrogens is 663 g/mol. The van der Waals surface area contributed by atoms with Crippen molar-refractivity contribution in [2.45, 2.75) is 67.2 Å². The largest absolute Gasteiger partial charge is 0.512 e. The van der Waals surface area contributed by atoms with E-state index in [1.165, 1.54) is 16.8 Å². The van der Waals surface area contributed by atoms with Crippen molar-refractivity contribution in [3.05, 3.63) is 90.8 Å². The molecule has 1 N–H and O–H groups in total. The Hall–Kier alpha value is -3.01. The maximum absolute atomic E-state index is 12.2. The van der Waals surface area contributed by atoms with Crippen LogP contribution >= 0.6 is 0 Å². The summed E-state index contributed by atoms with van der Waals surface area (Å²) < 4.78 is 5.87. The fourth-order valence-electron chi connectivity index (χ4n) is 4.22. The molecule has 0 unspecified atom stereocenters. The van der Waals surface area contributed by atoms with Gasteiger partial charge < -0.3 is 9.84 Å². The molecule has 0 amide bonds. The normalized spacial score (nSPS) is 11.9. The predicted molar refractivity (Wildman–Crippen MR) is 158 cm³/mol. The molecule has 0 atom stereocenters. The fourth-order valence-corrected chi connectivity index (χ4v) is 4.22. The van der Waals surface area contributed by atoms with Gasteiger partial charge in [-0.05, 0) is 54.0 Å². The number of carbonyl (C=O) groups excluding carboxylic acids is 1. The van der Waals surface area contributed by atoms with Gasteiger partial charge in [-0.2, -0.15) is 18.2 Å². The van der Waals surface area contributed by atoms with Crippen molar-refractivity contribution in [1.29, 1.82) is 0 Å². The molecule has 0 aliphatic carbocycles. The van der Waals surface area contributed by atoms with Crippen LogP contribution in [0.25, 0.3) is 21.5 Å². The molecule has 3 aromatic carbocycles. The van der Waals surface area contributed by atoms with Crippen LogP contribution in [0.5, 0.6) is 11.6 Å². The Kier molecular flexibility index (Phi) is 11.9. The van der Waals surface area contributed by atoms with Gasteiger partial charge in [-0.25, -0.2) is 4.98 Å². The smallest absolute Gasteiger partial charge is 0.224 e. The van der Waals surface area contributed by atoms with E-state index in [9.17, 15) is 9.90 Å². The quantitative estimate of drug-likeness (QED) is 0.0817. The maximum atomic E-state index is 12.2. The first-order chi connectivity index (χ1) is 18.2. The third kappa shape index (κ3) is 7.56. The molecule has 1 radical (unpaired) electrons. The number of ether oxygens (including phenoxy) is 1. The molecule has 209 valence electrons. The minimum atomic E-state index is -0.337. The second kappa shape index (κ2) is 14.4. The van der Waals surface area contributed by atoms with Gasteiger partial charge in [-0.1, -0.05) is 71.9 Å². The number of hydrogen-bond donors (Lipinski definition) is 1. The van der Waals surface area contributed by atoms with Crippen molar-refractivity contribution in [3.8, 4) is 11.6 Å². The number of para-hydroxylation sites is 1. The van der Waals surface area contributed by atoms with Crippen molar-refractivity contribution in [3.63, 3.8) is 0 Å². The zero-order valence-electron chi connectivity index (χ0n) is 23.9. The Labute approximate surface area is 246 Å². The summed E-state index contributed by atoms with van der Waals surface area (Å²) in [7, 11) is 0. The monoisotopic (exact) mass is 703 g/mol. The zero-order chi connectivity index (χ0) is 27.8. The first kappa shape index (κ1) is 32.2. The van der Waals surface area contributed by atoms with E-state index in [0.717, 1.165) is 36.5 Å². The number of aliphatic hydroxyl groups is 1. The summed E-state index contributed by atoms with van der Waals surface area (Å²) in [6, 6.07) is 25.1. The summed E-state index contributed by atoms with van der Waals surface area (Å²) >= 11 is 0. The molecule has 0 saturated heterocycles. The molecule has 4 rings (SSSR count). The van der Waals surface area contributed by atoms with Gasteiger partial charge in [-0.3, -0.25) is 4.79 Å². The third-order valence-electron chi connectivity index (χ3n) is 8.12. The van der Waals surface area contributed by atoms with Crippen molar-refractivity contribution in [1.82, 2.24) is 4.98 Å². The molecule has 1 heterocycles. The molecule has 0 saturated carbocycles. The number of hydrogen-bond acceptors (Lipinski definition) is 4. The van der Waals surface area contributed by atoms with E-state index in [2.05, 4.69) is 35.3 Å². The first-order valence-corrected chi connectivity index (χ1v) is 13.6. The number of allylic oxidation sites excluding steroid dienone is 2. The minimum Gasteiger partial charge on any atom is -0.512 e. The van der Waals surface area contributed by atoms with Crippen LogP contribution in [0, 0.1) is 16.9 Å². The standard InChI is InChI=1S/C19H12NO.C15H28O2.Ir/c1-2-7-15(8-3-1)21-19-18-11-10-14-6-4-5-9-16(14)17(18)12-13-20-19;1-7-14(5,8-2)12(16)11-13(17)15(6,9-3)10-4;/h1-7,9-13H;11,16H,7-10H2,1-6H3;/q-1;;/b;12-11-;. The van der Waals surface area contributed by atoms with E-state index in [4.69, 9.17) is 4.74 Å². The number of aromatic nitrogens is 1. The molecule has 4 nitrogen and oxygen atoms in total. The van der Waals surface area contributed by atoms with Gasteiger partial charge in [0, 0.05) is 54.3 Å². The van der Waals surface area contributed by atoms with Crippen LogP contribution in [0.1, 0.15) is 67.2 Å². The van der Waals surface area contributed by atoms with Crippen molar-refractivity contribution in [2.75, 3.05) is 0 Å². The second-order valence-corrected chi connectivity index (χ2v) is 10.3.